The zero-order valence-corrected chi connectivity index (χ0v) is 8.97. The highest BCUT2D eigenvalue weighted by Crippen LogP contribution is 2.38. The summed E-state index contributed by atoms with van der Waals surface area (Å²) in [7, 11) is 0. The topological polar surface area (TPSA) is 65.2 Å². The van der Waals surface area contributed by atoms with Gasteiger partial charge in [0.05, 0.1) is 23.0 Å². The van der Waals surface area contributed by atoms with Gasteiger partial charge in [-0.2, -0.15) is 13.2 Å². The molecule has 10 heteroatoms. The lowest BCUT2D eigenvalue weighted by Crippen LogP contribution is -2.22. The Kier molecular flexibility index (Phi) is 4.03. The van der Waals surface area contributed by atoms with E-state index in [9.17, 15) is 31.1 Å². The number of nitrogens with two attached hydrogens (primary N) is 1. The summed E-state index contributed by atoms with van der Waals surface area (Å²) in [5.74, 6) is -1.33. The summed E-state index contributed by atoms with van der Waals surface area (Å²) < 4.78 is 77.4. The molecule has 1 aromatic rings. The number of carbonyl (C=O) groups is 1. The summed E-state index contributed by atoms with van der Waals surface area (Å²) in [5.41, 5.74) is 1.34. The number of aldehydes is 1. The van der Waals surface area contributed by atoms with Crippen LogP contribution in [-0.2, 0) is 12.7 Å². The van der Waals surface area contributed by atoms with Crippen LogP contribution in [0.25, 0.3) is 0 Å². The second-order valence-electron chi connectivity index (χ2n) is 3.23. The lowest BCUT2D eigenvalue weighted by atomic mass is 10.1. The smallest absolute Gasteiger partial charge is 0.403 e. The van der Waals surface area contributed by atoms with E-state index in [1.54, 1.807) is 0 Å². The van der Waals surface area contributed by atoms with E-state index in [4.69, 9.17) is 5.73 Å². The lowest BCUT2D eigenvalue weighted by Gasteiger charge is -2.17. The molecule has 0 radical (unpaired) electrons. The van der Waals surface area contributed by atoms with Gasteiger partial charge in [0.15, 0.2) is 12.0 Å². The van der Waals surface area contributed by atoms with Crippen molar-refractivity contribution in [2.45, 2.75) is 19.1 Å². The molecule has 0 unspecified atom stereocenters. The number of rotatable bonds is 3. The van der Waals surface area contributed by atoms with Gasteiger partial charge in [-0.05, 0) is 0 Å². The molecular formula is C9H6F6N2O2. The average molecular weight is 288 g/mol. The Morgan fingerprint density at radius 1 is 1.26 bits per heavy atom. The number of nitrogens with zero attached hydrogens (tertiary/aromatic N) is 1. The maximum Gasteiger partial charge on any atom is 0.573 e. The Morgan fingerprint density at radius 2 is 1.84 bits per heavy atom. The number of ether oxygens (including phenoxy) is 1. The number of alkyl halides is 6. The van der Waals surface area contributed by atoms with E-state index in [-0.39, 0.29) is 6.29 Å². The first kappa shape index (κ1) is 15.2. The second-order valence-corrected chi connectivity index (χ2v) is 3.23. The third-order valence-electron chi connectivity index (χ3n) is 1.98. The van der Waals surface area contributed by atoms with Gasteiger partial charge in [-0.15, -0.1) is 13.2 Å². The maximum atomic E-state index is 12.7. The summed E-state index contributed by atoms with van der Waals surface area (Å²) in [6.07, 6.45) is -10.3. The van der Waals surface area contributed by atoms with Gasteiger partial charge in [-0.25, -0.2) is 0 Å². The number of hydrogen-bond acceptors (Lipinski definition) is 4. The van der Waals surface area contributed by atoms with Crippen molar-refractivity contribution in [3.63, 3.8) is 0 Å². The molecular weight excluding hydrogens is 282 g/mol. The highest BCUT2D eigenvalue weighted by molar-refractivity contribution is 5.82. The summed E-state index contributed by atoms with van der Waals surface area (Å²) in [6.45, 7) is -0.692. The third kappa shape index (κ3) is 3.56. The first-order chi connectivity index (χ1) is 8.60. The Labute approximate surface area is 102 Å². The van der Waals surface area contributed by atoms with Crippen LogP contribution in [0.3, 0.4) is 0 Å². The quantitative estimate of drug-likeness (QED) is 0.684. The van der Waals surface area contributed by atoms with Gasteiger partial charge < -0.3 is 10.5 Å². The highest BCUT2D eigenvalue weighted by atomic mass is 19.4. The van der Waals surface area contributed by atoms with Crippen molar-refractivity contribution in [3.05, 3.63) is 23.0 Å². The van der Waals surface area contributed by atoms with E-state index >= 15 is 0 Å². The van der Waals surface area contributed by atoms with E-state index < -0.39 is 41.7 Å². The van der Waals surface area contributed by atoms with Crippen LogP contribution in [-0.4, -0.2) is 17.6 Å². The molecule has 4 nitrogen and oxygen atoms in total. The van der Waals surface area contributed by atoms with Crippen molar-refractivity contribution in [2.24, 2.45) is 5.73 Å². The second kappa shape index (κ2) is 5.03. The lowest BCUT2D eigenvalue weighted by molar-refractivity contribution is -0.275. The van der Waals surface area contributed by atoms with Gasteiger partial charge in [0.2, 0.25) is 0 Å². The molecule has 2 N–H and O–H groups in total. The standard InChI is InChI=1S/C9H6F6N2O2/c10-8(11,12)7-4(3-18)6(19-9(13,14)15)2-17-5(7)1-16/h2-3H,1,16H2. The van der Waals surface area contributed by atoms with Crippen molar-refractivity contribution in [3.8, 4) is 5.75 Å². The van der Waals surface area contributed by atoms with Crippen molar-refractivity contribution < 1.29 is 35.9 Å². The van der Waals surface area contributed by atoms with E-state index in [1.807, 2.05) is 0 Å². The largest absolute Gasteiger partial charge is 0.573 e. The molecule has 0 spiro atoms. The van der Waals surface area contributed by atoms with E-state index in [1.165, 1.54) is 0 Å². The summed E-state index contributed by atoms with van der Waals surface area (Å²) >= 11 is 0. The minimum atomic E-state index is -5.24. The van der Waals surface area contributed by atoms with Gasteiger partial charge in [0, 0.05) is 6.54 Å². The van der Waals surface area contributed by atoms with E-state index in [0.717, 1.165) is 0 Å². The third-order valence-corrected chi connectivity index (χ3v) is 1.98. The molecule has 1 rings (SSSR count). The summed E-state index contributed by atoms with van der Waals surface area (Å²) in [6, 6.07) is 0. The maximum absolute atomic E-state index is 12.7. The first-order valence-electron chi connectivity index (χ1n) is 4.60. The highest BCUT2D eigenvalue weighted by Gasteiger charge is 2.40. The number of carbonyl (C=O) groups excluding carboxylic acids is 1. The number of pyridine rings is 1. The number of aromatic nitrogens is 1. The van der Waals surface area contributed by atoms with Crippen LogP contribution in [0.15, 0.2) is 6.20 Å². The van der Waals surface area contributed by atoms with Crippen molar-refractivity contribution in [1.29, 1.82) is 0 Å². The fourth-order valence-electron chi connectivity index (χ4n) is 1.34. The van der Waals surface area contributed by atoms with Crippen molar-refractivity contribution in [2.75, 3.05) is 0 Å². The molecule has 0 bridgehead atoms. The molecule has 0 saturated carbocycles. The Morgan fingerprint density at radius 3 is 2.21 bits per heavy atom. The molecule has 0 aliphatic carbocycles. The SMILES string of the molecule is NCc1ncc(OC(F)(F)F)c(C=O)c1C(F)(F)F. The summed E-state index contributed by atoms with van der Waals surface area (Å²) in [5, 5.41) is 0. The molecule has 0 aliphatic rings. The van der Waals surface area contributed by atoms with Crippen LogP contribution in [0.1, 0.15) is 21.6 Å². The molecule has 0 aromatic carbocycles. The van der Waals surface area contributed by atoms with Crippen LogP contribution < -0.4 is 10.5 Å². The van der Waals surface area contributed by atoms with E-state index in [0.29, 0.717) is 6.20 Å². The Hall–Kier alpha value is -1.84. The first-order valence-corrected chi connectivity index (χ1v) is 4.60. The van der Waals surface area contributed by atoms with Crippen LogP contribution in [0, 0.1) is 0 Å². The molecule has 19 heavy (non-hydrogen) atoms. The van der Waals surface area contributed by atoms with Gasteiger partial charge in [-0.3, -0.25) is 9.78 Å². The van der Waals surface area contributed by atoms with Crippen LogP contribution in [0.5, 0.6) is 5.75 Å². The van der Waals surface area contributed by atoms with Crippen LogP contribution >= 0.6 is 0 Å². The summed E-state index contributed by atoms with van der Waals surface area (Å²) in [4.78, 5) is 13.8. The molecule has 0 aliphatic heterocycles. The fourth-order valence-corrected chi connectivity index (χ4v) is 1.34. The predicted octanol–water partition coefficient (Wildman–Crippen LogP) is 2.27. The van der Waals surface area contributed by atoms with Gasteiger partial charge in [-0.1, -0.05) is 0 Å². The minimum Gasteiger partial charge on any atom is -0.403 e. The number of halogens is 6. The van der Waals surface area contributed by atoms with Crippen molar-refractivity contribution >= 4 is 6.29 Å². The predicted molar refractivity (Wildman–Crippen MR) is 49.2 cm³/mol. The molecule has 0 amide bonds. The molecule has 1 heterocycles. The fraction of sp³-hybridized carbons (Fsp3) is 0.333. The zero-order chi connectivity index (χ0) is 14.8. The zero-order valence-electron chi connectivity index (χ0n) is 8.97. The van der Waals surface area contributed by atoms with Gasteiger partial charge in [0.25, 0.3) is 0 Å². The molecule has 0 saturated heterocycles. The van der Waals surface area contributed by atoms with Gasteiger partial charge in [0.1, 0.15) is 0 Å². The Bertz CT molecular complexity index is 483. The monoisotopic (exact) mass is 288 g/mol. The minimum absolute atomic E-state index is 0.370. The van der Waals surface area contributed by atoms with Crippen molar-refractivity contribution in [1.82, 2.24) is 4.98 Å². The average Bonchev–Trinajstić information content (AvgIpc) is 2.25. The van der Waals surface area contributed by atoms with Crippen LogP contribution in [0.2, 0.25) is 0 Å². The Balaban J connectivity index is 3.49. The van der Waals surface area contributed by atoms with Crippen LogP contribution in [0.4, 0.5) is 26.3 Å². The normalized spacial score (nSPS) is 12.4. The van der Waals surface area contributed by atoms with E-state index in [2.05, 4.69) is 9.72 Å². The van der Waals surface area contributed by atoms with Gasteiger partial charge >= 0.3 is 12.5 Å². The molecule has 1 aromatic heterocycles. The molecule has 106 valence electrons. The number of hydrogen-bond donors (Lipinski definition) is 1. The molecule has 0 atom stereocenters. The molecule has 0 fully saturated rings.